The third kappa shape index (κ3) is 13.3. The van der Waals surface area contributed by atoms with Gasteiger partial charge < -0.3 is 15.3 Å². The van der Waals surface area contributed by atoms with E-state index in [1.807, 2.05) is 13.8 Å². The van der Waals surface area contributed by atoms with Gasteiger partial charge in [0.25, 0.3) is 6.47 Å². The molecule has 3 aliphatic heterocycles. The van der Waals surface area contributed by atoms with E-state index < -0.39 is 11.7 Å². The fraction of sp³-hybridized carbons (Fsp3) is 0.750. The van der Waals surface area contributed by atoms with Crippen LogP contribution in [0.15, 0.2) is 25.3 Å². The Bertz CT molecular complexity index is 1100. The number of aryl methyl sites for hydroxylation is 1. The normalized spacial score (nSPS) is 24.1. The van der Waals surface area contributed by atoms with Gasteiger partial charge in [0.15, 0.2) is 0 Å². The molecular formula is C40H70BF2N3O3S. The molecule has 3 heterocycles. The van der Waals surface area contributed by atoms with Gasteiger partial charge in [-0.1, -0.05) is 61.0 Å². The topological polar surface area (TPSA) is 72.9 Å². The molecule has 5 rings (SSSR count). The average Bonchev–Trinajstić information content (AvgIpc) is 3.43. The first-order valence-electron chi connectivity index (χ1n) is 19.1. The van der Waals surface area contributed by atoms with Crippen LogP contribution < -0.4 is 10.2 Å². The molecule has 2 saturated heterocycles. The van der Waals surface area contributed by atoms with Gasteiger partial charge >= 0.3 is 0 Å². The van der Waals surface area contributed by atoms with Crippen molar-refractivity contribution in [3.05, 3.63) is 42.0 Å². The molecule has 3 fully saturated rings. The molecule has 0 spiro atoms. The molecular weight excluding hydrogens is 651 g/mol. The van der Waals surface area contributed by atoms with Gasteiger partial charge in [-0.15, -0.1) is 13.2 Å². The van der Waals surface area contributed by atoms with Crippen molar-refractivity contribution < 1.29 is 23.5 Å². The number of rotatable bonds is 8. The monoisotopic (exact) mass is 722 g/mol. The van der Waals surface area contributed by atoms with Crippen molar-refractivity contribution in [3.8, 4) is 0 Å². The zero-order valence-electron chi connectivity index (χ0n) is 32.7. The highest BCUT2D eigenvalue weighted by atomic mass is 32.1. The van der Waals surface area contributed by atoms with Crippen LogP contribution in [0.1, 0.15) is 136 Å². The highest BCUT2D eigenvalue weighted by molar-refractivity contribution is 7.80. The number of hydrogen-bond acceptors (Lipinski definition) is 6. The van der Waals surface area contributed by atoms with Crippen molar-refractivity contribution in [2.45, 2.75) is 156 Å². The van der Waals surface area contributed by atoms with Crippen LogP contribution in [-0.4, -0.2) is 85.9 Å². The zero-order chi connectivity index (χ0) is 38.5. The van der Waals surface area contributed by atoms with E-state index in [4.69, 9.17) is 17.7 Å². The van der Waals surface area contributed by atoms with Crippen LogP contribution in [0.5, 0.6) is 0 Å². The number of thiol groups is 1. The maximum Gasteiger partial charge on any atom is 0.290 e. The van der Waals surface area contributed by atoms with Gasteiger partial charge in [0.05, 0.1) is 5.57 Å². The summed E-state index contributed by atoms with van der Waals surface area (Å²) in [5, 5.41) is 10.5. The molecule has 1 aromatic rings. The summed E-state index contributed by atoms with van der Waals surface area (Å²) >= 11 is 3.86. The van der Waals surface area contributed by atoms with E-state index in [1.54, 1.807) is 11.1 Å². The Morgan fingerprint density at radius 3 is 2.20 bits per heavy atom. The molecule has 10 heteroatoms. The highest BCUT2D eigenvalue weighted by Crippen LogP contribution is 2.52. The van der Waals surface area contributed by atoms with Crippen LogP contribution in [-0.2, 0) is 22.4 Å². The second-order valence-corrected chi connectivity index (χ2v) is 13.9. The third-order valence-electron chi connectivity index (χ3n) is 10.2. The second kappa shape index (κ2) is 25.1. The Balaban J connectivity index is 0.00000101. The summed E-state index contributed by atoms with van der Waals surface area (Å²) in [5.74, 6) is 1.05. The first-order chi connectivity index (χ1) is 23.9. The van der Waals surface area contributed by atoms with Crippen molar-refractivity contribution in [1.82, 2.24) is 10.2 Å². The number of ketones is 1. The Morgan fingerprint density at radius 1 is 1.12 bits per heavy atom. The van der Waals surface area contributed by atoms with E-state index in [1.165, 1.54) is 43.6 Å². The first kappa shape index (κ1) is 48.1. The average molecular weight is 722 g/mol. The highest BCUT2D eigenvalue weighted by Gasteiger charge is 2.53. The smallest absolute Gasteiger partial charge is 0.290 e. The third-order valence-corrected chi connectivity index (χ3v) is 10.5. The molecule has 1 aromatic carbocycles. The Morgan fingerprint density at radius 2 is 1.70 bits per heavy atom. The van der Waals surface area contributed by atoms with Crippen LogP contribution >= 0.6 is 12.6 Å². The largest absolute Gasteiger partial charge is 0.483 e. The van der Waals surface area contributed by atoms with Crippen LogP contribution in [0.25, 0.3) is 0 Å². The van der Waals surface area contributed by atoms with Gasteiger partial charge in [0.1, 0.15) is 19.8 Å². The Kier molecular flexibility index (Phi) is 24.2. The minimum Gasteiger partial charge on any atom is -0.483 e. The fourth-order valence-corrected chi connectivity index (χ4v) is 7.73. The number of nitrogens with zero attached hydrogens (tertiary/aromatic N) is 2. The molecule has 0 bridgehead atoms. The standard InChI is InChI=1S/C26H39N3O.C6H11BF2S.C3H8.C2H6.C2H4.CH2O2/c1-4-18-16-21-19(17-23(18)28-13-10-20(11-14-28)27-5-2)9-15-29-22(21)8-12-26(3)24(29)6-7-25(26)30;1-5(8)6(7,9)3-2-4-10;1-3-2;2*1-2;2-1-3/h16-17,20,22,24,27H,4-15H2,1-3H3;5,10H,2-4H2,1H3;3H2,1-2H3;1-2H3;1-2H2;1H,(H,2,3). The molecule has 2 N–H and O–H groups in total. The van der Waals surface area contributed by atoms with Gasteiger partial charge in [-0.2, -0.15) is 12.6 Å². The molecule has 286 valence electrons. The SMILES string of the molecule is C=C.CC.CCC.CCNC1CCN(c2cc3c(cc2CC)C2CCC4(C)C(=O)CCC4N2CC3)CC1.O=CO.[B]C(F)(CCCS)C(C)F. The van der Waals surface area contributed by atoms with E-state index in [0.717, 1.165) is 58.5 Å². The predicted molar refractivity (Wildman–Crippen MR) is 214 cm³/mol. The lowest BCUT2D eigenvalue weighted by Crippen LogP contribution is -2.53. The Labute approximate surface area is 311 Å². The van der Waals surface area contributed by atoms with Crippen molar-refractivity contribution >= 4 is 38.4 Å². The number of Topliss-reactive ketones (excluding diaryl/α,β-unsaturated/α-hetero) is 1. The summed E-state index contributed by atoms with van der Waals surface area (Å²) in [6.07, 6.45) is 8.99. The minimum atomic E-state index is -2.16. The van der Waals surface area contributed by atoms with Gasteiger partial charge in [0.2, 0.25) is 0 Å². The number of carbonyl (C=O) groups is 2. The molecule has 2 radical (unpaired) electrons. The zero-order valence-corrected chi connectivity index (χ0v) is 33.6. The second-order valence-electron chi connectivity index (χ2n) is 13.5. The maximum atomic E-state index is 12.8. The molecule has 1 saturated carbocycles. The summed E-state index contributed by atoms with van der Waals surface area (Å²) in [6, 6.07) is 6.78. The van der Waals surface area contributed by atoms with Crippen molar-refractivity contribution in [3.63, 3.8) is 0 Å². The van der Waals surface area contributed by atoms with E-state index >= 15 is 0 Å². The lowest BCUT2D eigenvalue weighted by atomic mass is 9.71. The number of carbonyl (C=O) groups excluding carboxylic acids is 1. The number of fused-ring (bicyclic) bond motifs is 5. The quantitative estimate of drug-likeness (QED) is 0.108. The molecule has 50 heavy (non-hydrogen) atoms. The molecule has 5 unspecified atom stereocenters. The lowest BCUT2D eigenvalue weighted by Gasteiger charge is -2.51. The van der Waals surface area contributed by atoms with Crippen molar-refractivity contribution in [2.75, 3.05) is 36.8 Å². The molecule has 1 aliphatic carbocycles. The fourth-order valence-electron chi connectivity index (χ4n) is 7.57. The number of alkyl halides is 2. The summed E-state index contributed by atoms with van der Waals surface area (Å²) < 4.78 is 25.0. The maximum absolute atomic E-state index is 12.8. The van der Waals surface area contributed by atoms with E-state index in [-0.39, 0.29) is 18.3 Å². The van der Waals surface area contributed by atoms with Gasteiger partial charge in [-0.25, -0.2) is 4.39 Å². The summed E-state index contributed by atoms with van der Waals surface area (Å²) in [6.45, 7) is 26.4. The summed E-state index contributed by atoms with van der Waals surface area (Å²) in [4.78, 5) is 26.3. The minimum absolute atomic E-state index is 0.0359. The van der Waals surface area contributed by atoms with Crippen LogP contribution in [0.4, 0.5) is 14.5 Å². The molecule has 0 aromatic heterocycles. The molecule has 4 aliphatic rings. The molecule has 5 atom stereocenters. The number of nitrogens with one attached hydrogen (secondary N) is 1. The number of anilines is 1. The number of benzene rings is 1. The van der Waals surface area contributed by atoms with Crippen molar-refractivity contribution in [2.24, 2.45) is 5.41 Å². The van der Waals surface area contributed by atoms with E-state index in [2.05, 4.69) is 87.7 Å². The number of carboxylic acid groups (broad SMARTS) is 1. The number of halogens is 2. The van der Waals surface area contributed by atoms with Crippen LogP contribution in [0, 0.1) is 5.41 Å². The van der Waals surface area contributed by atoms with Gasteiger partial charge in [-0.3, -0.25) is 18.9 Å². The summed E-state index contributed by atoms with van der Waals surface area (Å²) in [7, 11) is 4.97. The summed E-state index contributed by atoms with van der Waals surface area (Å²) in [5.41, 5.74) is 3.92. The molecule has 0 amide bonds. The van der Waals surface area contributed by atoms with Crippen LogP contribution in [0.3, 0.4) is 0 Å². The predicted octanol–water partition coefficient (Wildman–Crippen LogP) is 9.09. The number of piperidine rings is 2. The first-order valence-corrected chi connectivity index (χ1v) is 19.8. The van der Waals surface area contributed by atoms with E-state index in [0.29, 0.717) is 36.1 Å². The van der Waals surface area contributed by atoms with Gasteiger partial charge in [-0.05, 0) is 99.8 Å². The van der Waals surface area contributed by atoms with Gasteiger partial charge in [0, 0.05) is 55.3 Å². The Hall–Kier alpha value is -1.91. The number of hydrogen-bond donors (Lipinski definition) is 3. The van der Waals surface area contributed by atoms with Crippen molar-refractivity contribution in [1.29, 1.82) is 0 Å². The lowest BCUT2D eigenvalue weighted by molar-refractivity contribution is -0.130. The molecule has 6 nitrogen and oxygen atoms in total. The van der Waals surface area contributed by atoms with Crippen LogP contribution in [0.2, 0.25) is 0 Å². The van der Waals surface area contributed by atoms with E-state index in [9.17, 15) is 13.6 Å².